The van der Waals surface area contributed by atoms with E-state index in [-0.39, 0.29) is 18.6 Å². The van der Waals surface area contributed by atoms with Crippen molar-refractivity contribution < 1.29 is 14.3 Å². The zero-order valence-electron chi connectivity index (χ0n) is 14.6. The largest absolute Gasteiger partial charge is 0.445 e. The van der Waals surface area contributed by atoms with Crippen LogP contribution >= 0.6 is 0 Å². The van der Waals surface area contributed by atoms with Gasteiger partial charge in [-0.2, -0.15) is 0 Å². The Morgan fingerprint density at radius 2 is 1.69 bits per heavy atom. The molecule has 0 aromatic heterocycles. The third-order valence-electron chi connectivity index (χ3n) is 4.62. The van der Waals surface area contributed by atoms with E-state index in [9.17, 15) is 9.59 Å². The highest BCUT2D eigenvalue weighted by atomic mass is 16.5. The van der Waals surface area contributed by atoms with Crippen molar-refractivity contribution in [2.45, 2.75) is 31.9 Å². The molecule has 0 spiro atoms. The van der Waals surface area contributed by atoms with Gasteiger partial charge in [-0.3, -0.25) is 0 Å². The molecule has 134 valence electrons. The predicted octanol–water partition coefficient (Wildman–Crippen LogP) is 4.06. The molecule has 2 atom stereocenters. The van der Waals surface area contributed by atoms with E-state index in [0.717, 1.165) is 31.1 Å². The van der Waals surface area contributed by atoms with Gasteiger partial charge in [0.25, 0.3) is 0 Å². The zero-order chi connectivity index (χ0) is 18.2. The number of carbonyl (C=O) groups excluding carboxylic acids is 2. The number of nitrogens with one attached hydrogen (secondary N) is 1. The lowest BCUT2D eigenvalue weighted by molar-refractivity contribution is -0.111. The maximum atomic E-state index is 12.1. The van der Waals surface area contributed by atoms with Crippen molar-refractivity contribution in [3.63, 3.8) is 0 Å². The number of alkyl carbamates (subject to hydrolysis) is 1. The van der Waals surface area contributed by atoms with Gasteiger partial charge < -0.3 is 14.8 Å². The standard InChI is InChI=1S/C22H23NO3/c24-15-20-12-11-19(13-17-7-3-1-4-8-17)14-21(20)23-22(25)26-16-18-9-5-2-6-10-18/h1-10,14-15,20-21H,11-13,16H2,(H,23,25)/t20-,21-/m0/s1. The zero-order valence-corrected chi connectivity index (χ0v) is 14.6. The Morgan fingerprint density at radius 3 is 2.35 bits per heavy atom. The van der Waals surface area contributed by atoms with Gasteiger partial charge in [-0.1, -0.05) is 72.3 Å². The first-order valence-electron chi connectivity index (χ1n) is 8.90. The monoisotopic (exact) mass is 349 g/mol. The lowest BCUT2D eigenvalue weighted by Crippen LogP contribution is -2.41. The van der Waals surface area contributed by atoms with Crippen LogP contribution in [0.4, 0.5) is 4.79 Å². The predicted molar refractivity (Wildman–Crippen MR) is 101 cm³/mol. The molecule has 0 heterocycles. The number of allylic oxidation sites excluding steroid dienone is 1. The van der Waals surface area contributed by atoms with Crippen molar-refractivity contribution in [3.05, 3.63) is 83.4 Å². The number of carbonyl (C=O) groups is 2. The summed E-state index contributed by atoms with van der Waals surface area (Å²) in [6.45, 7) is 0.214. The van der Waals surface area contributed by atoms with Crippen LogP contribution < -0.4 is 5.32 Å². The molecule has 1 aliphatic rings. The molecule has 2 aromatic carbocycles. The highest BCUT2D eigenvalue weighted by Crippen LogP contribution is 2.25. The summed E-state index contributed by atoms with van der Waals surface area (Å²) in [6.07, 6.45) is 4.89. The molecule has 0 aliphatic heterocycles. The van der Waals surface area contributed by atoms with E-state index >= 15 is 0 Å². The van der Waals surface area contributed by atoms with Gasteiger partial charge in [0.2, 0.25) is 0 Å². The number of hydrogen-bond donors (Lipinski definition) is 1. The van der Waals surface area contributed by atoms with Crippen LogP contribution in [0.15, 0.2) is 72.3 Å². The highest BCUT2D eigenvalue weighted by Gasteiger charge is 2.26. The first-order valence-corrected chi connectivity index (χ1v) is 8.90. The summed E-state index contributed by atoms with van der Waals surface area (Å²) < 4.78 is 5.28. The Kier molecular flexibility index (Phi) is 6.20. The molecular weight excluding hydrogens is 326 g/mol. The van der Waals surface area contributed by atoms with E-state index in [4.69, 9.17) is 4.74 Å². The van der Waals surface area contributed by atoms with Crippen molar-refractivity contribution in [3.8, 4) is 0 Å². The summed E-state index contributed by atoms with van der Waals surface area (Å²) in [7, 11) is 0. The number of hydrogen-bond acceptors (Lipinski definition) is 3. The molecule has 1 aliphatic carbocycles. The van der Waals surface area contributed by atoms with Gasteiger partial charge in [0, 0.05) is 5.92 Å². The van der Waals surface area contributed by atoms with Gasteiger partial charge >= 0.3 is 6.09 Å². The molecule has 4 heteroatoms. The molecule has 0 saturated heterocycles. The maximum Gasteiger partial charge on any atom is 0.407 e. The Labute approximate surface area is 153 Å². The van der Waals surface area contributed by atoms with Crippen LogP contribution in [0.25, 0.3) is 0 Å². The normalized spacial score (nSPS) is 19.3. The second-order valence-corrected chi connectivity index (χ2v) is 6.56. The van der Waals surface area contributed by atoms with Crippen molar-refractivity contribution in [2.24, 2.45) is 5.92 Å². The number of rotatable bonds is 6. The minimum Gasteiger partial charge on any atom is -0.445 e. The van der Waals surface area contributed by atoms with Crippen LogP contribution in [0.1, 0.15) is 24.0 Å². The van der Waals surface area contributed by atoms with Crippen LogP contribution in [0.2, 0.25) is 0 Å². The summed E-state index contributed by atoms with van der Waals surface area (Å²) in [6, 6.07) is 19.4. The molecule has 1 N–H and O–H groups in total. The van der Waals surface area contributed by atoms with E-state index in [1.54, 1.807) is 0 Å². The van der Waals surface area contributed by atoms with Gasteiger partial charge in [-0.05, 0) is 30.4 Å². The van der Waals surface area contributed by atoms with Gasteiger partial charge in [-0.15, -0.1) is 0 Å². The van der Waals surface area contributed by atoms with Gasteiger partial charge in [0.1, 0.15) is 12.9 Å². The van der Waals surface area contributed by atoms with E-state index in [2.05, 4.69) is 17.4 Å². The quantitative estimate of drug-likeness (QED) is 0.632. The number of benzene rings is 2. The Hall–Kier alpha value is -2.88. The lowest BCUT2D eigenvalue weighted by atomic mass is 9.84. The van der Waals surface area contributed by atoms with E-state index < -0.39 is 6.09 Å². The molecule has 0 unspecified atom stereocenters. The Bertz CT molecular complexity index is 755. The molecule has 1 amide bonds. The van der Waals surface area contributed by atoms with Gasteiger partial charge in [0.15, 0.2) is 0 Å². The minimum atomic E-state index is -0.497. The summed E-state index contributed by atoms with van der Waals surface area (Å²) >= 11 is 0. The summed E-state index contributed by atoms with van der Waals surface area (Å²) in [5, 5.41) is 2.84. The van der Waals surface area contributed by atoms with Gasteiger partial charge in [0.05, 0.1) is 6.04 Å². The van der Waals surface area contributed by atoms with Crippen molar-refractivity contribution >= 4 is 12.4 Å². The summed E-state index contributed by atoms with van der Waals surface area (Å²) in [5.41, 5.74) is 3.40. The van der Waals surface area contributed by atoms with E-state index in [1.807, 2.05) is 54.6 Å². The molecule has 0 bridgehead atoms. The fourth-order valence-corrected chi connectivity index (χ4v) is 3.20. The average Bonchev–Trinajstić information content (AvgIpc) is 2.68. The third kappa shape index (κ3) is 5.06. The maximum absolute atomic E-state index is 12.1. The van der Waals surface area contributed by atoms with Crippen molar-refractivity contribution in [2.75, 3.05) is 0 Å². The lowest BCUT2D eigenvalue weighted by Gasteiger charge is -2.27. The van der Waals surface area contributed by atoms with E-state index in [0.29, 0.717) is 0 Å². The van der Waals surface area contributed by atoms with Crippen molar-refractivity contribution in [1.82, 2.24) is 5.32 Å². The molecule has 26 heavy (non-hydrogen) atoms. The molecule has 3 rings (SSSR count). The van der Waals surface area contributed by atoms with Crippen LogP contribution in [0.3, 0.4) is 0 Å². The first kappa shape index (κ1) is 17.9. The first-order chi connectivity index (χ1) is 12.7. The number of aldehydes is 1. The fraction of sp³-hybridized carbons (Fsp3) is 0.273. The molecule has 0 fully saturated rings. The van der Waals surface area contributed by atoms with Gasteiger partial charge in [-0.25, -0.2) is 4.79 Å². The SMILES string of the molecule is O=C[C@@H]1CCC(Cc2ccccc2)=C[C@@H]1NC(=O)OCc1ccccc1. The smallest absolute Gasteiger partial charge is 0.407 e. The molecule has 0 saturated carbocycles. The highest BCUT2D eigenvalue weighted by molar-refractivity contribution is 5.69. The minimum absolute atomic E-state index is 0.209. The van der Waals surface area contributed by atoms with E-state index in [1.165, 1.54) is 11.1 Å². The average molecular weight is 349 g/mol. The van der Waals surface area contributed by atoms with Crippen LogP contribution in [-0.2, 0) is 22.6 Å². The molecule has 2 aromatic rings. The summed E-state index contributed by atoms with van der Waals surface area (Å²) in [5.74, 6) is -0.209. The summed E-state index contributed by atoms with van der Waals surface area (Å²) in [4.78, 5) is 23.5. The Balaban J connectivity index is 1.60. The van der Waals surface area contributed by atoms with Crippen LogP contribution in [-0.4, -0.2) is 18.4 Å². The molecule has 4 nitrogen and oxygen atoms in total. The third-order valence-corrected chi connectivity index (χ3v) is 4.62. The number of amides is 1. The second-order valence-electron chi connectivity index (χ2n) is 6.56. The second kappa shape index (κ2) is 8.99. The molecule has 0 radical (unpaired) electrons. The van der Waals surface area contributed by atoms with Crippen LogP contribution in [0.5, 0.6) is 0 Å². The number of ether oxygens (including phenoxy) is 1. The van der Waals surface area contributed by atoms with Crippen LogP contribution in [0, 0.1) is 5.92 Å². The molecular formula is C22H23NO3. The Morgan fingerprint density at radius 1 is 1.04 bits per heavy atom. The van der Waals surface area contributed by atoms with Crippen molar-refractivity contribution in [1.29, 1.82) is 0 Å². The fourth-order valence-electron chi connectivity index (χ4n) is 3.20. The topological polar surface area (TPSA) is 55.4 Å².